The number of hydrogen-bond acceptors (Lipinski definition) is 4. The number of nitrogens with one attached hydrogen (secondary N) is 2. The standard InChI is InChI=1S/C9H14N4O/c14-9-12-8(6-10-13-9)11-7-4-2-1-3-5-7/h6-7H,1-5H2,(H2,11,12,13,14). The van der Waals surface area contributed by atoms with Crippen LogP contribution >= 0.6 is 0 Å². The Morgan fingerprint density at radius 3 is 2.86 bits per heavy atom. The molecule has 0 aromatic carbocycles. The van der Waals surface area contributed by atoms with Crippen LogP contribution in [0.5, 0.6) is 0 Å². The molecule has 1 aromatic heterocycles. The van der Waals surface area contributed by atoms with Crippen molar-refractivity contribution in [2.45, 2.75) is 38.1 Å². The average molecular weight is 194 g/mol. The van der Waals surface area contributed by atoms with Crippen LogP contribution in [0.25, 0.3) is 0 Å². The van der Waals surface area contributed by atoms with E-state index in [2.05, 4.69) is 20.5 Å². The lowest BCUT2D eigenvalue weighted by Gasteiger charge is -2.22. The third-order valence-corrected chi connectivity index (χ3v) is 2.53. The van der Waals surface area contributed by atoms with Crippen LogP contribution in [0.3, 0.4) is 0 Å². The number of hydrogen-bond donors (Lipinski definition) is 2. The van der Waals surface area contributed by atoms with E-state index in [0.717, 1.165) is 12.8 Å². The van der Waals surface area contributed by atoms with E-state index >= 15 is 0 Å². The van der Waals surface area contributed by atoms with Gasteiger partial charge < -0.3 is 5.32 Å². The SMILES string of the molecule is O=c1nc(NC2CCCCC2)cn[nH]1. The summed E-state index contributed by atoms with van der Waals surface area (Å²) < 4.78 is 0. The maximum atomic E-state index is 10.9. The molecule has 0 spiro atoms. The maximum Gasteiger partial charge on any atom is 0.363 e. The molecule has 1 aromatic rings. The van der Waals surface area contributed by atoms with Crippen LogP contribution < -0.4 is 11.0 Å². The molecule has 1 heterocycles. The highest BCUT2D eigenvalue weighted by Crippen LogP contribution is 2.19. The van der Waals surface area contributed by atoms with Crippen molar-refractivity contribution in [1.82, 2.24) is 15.2 Å². The first-order valence-electron chi connectivity index (χ1n) is 5.03. The zero-order valence-electron chi connectivity index (χ0n) is 7.99. The molecule has 14 heavy (non-hydrogen) atoms. The first kappa shape index (κ1) is 9.18. The van der Waals surface area contributed by atoms with Crippen molar-refractivity contribution in [1.29, 1.82) is 0 Å². The summed E-state index contributed by atoms with van der Waals surface area (Å²) in [7, 11) is 0. The molecule has 1 saturated carbocycles. The Hall–Kier alpha value is -1.39. The summed E-state index contributed by atoms with van der Waals surface area (Å²) in [4.78, 5) is 14.6. The topological polar surface area (TPSA) is 70.7 Å². The van der Waals surface area contributed by atoms with Crippen molar-refractivity contribution in [2.24, 2.45) is 0 Å². The fourth-order valence-corrected chi connectivity index (χ4v) is 1.84. The summed E-state index contributed by atoms with van der Waals surface area (Å²) in [5.74, 6) is 0.584. The molecule has 1 aliphatic rings. The van der Waals surface area contributed by atoms with Crippen molar-refractivity contribution in [2.75, 3.05) is 5.32 Å². The monoisotopic (exact) mass is 194 g/mol. The zero-order valence-corrected chi connectivity index (χ0v) is 7.99. The Bertz CT molecular complexity index is 343. The predicted molar refractivity (Wildman–Crippen MR) is 53.1 cm³/mol. The average Bonchev–Trinajstić information content (AvgIpc) is 2.19. The van der Waals surface area contributed by atoms with E-state index in [4.69, 9.17) is 0 Å². The van der Waals surface area contributed by atoms with E-state index in [1.165, 1.54) is 19.3 Å². The molecule has 5 nitrogen and oxygen atoms in total. The molecular formula is C9H14N4O. The molecule has 0 radical (unpaired) electrons. The second-order valence-electron chi connectivity index (χ2n) is 3.65. The van der Waals surface area contributed by atoms with Gasteiger partial charge >= 0.3 is 5.69 Å². The lowest BCUT2D eigenvalue weighted by Crippen LogP contribution is -2.25. The molecule has 76 valence electrons. The summed E-state index contributed by atoms with van der Waals surface area (Å²) >= 11 is 0. The van der Waals surface area contributed by atoms with Crippen LogP contribution in [-0.2, 0) is 0 Å². The van der Waals surface area contributed by atoms with Gasteiger partial charge in [0.1, 0.15) is 0 Å². The summed E-state index contributed by atoms with van der Waals surface area (Å²) in [6.07, 6.45) is 7.71. The van der Waals surface area contributed by atoms with Crippen LogP contribution in [0.15, 0.2) is 11.0 Å². The van der Waals surface area contributed by atoms with Crippen molar-refractivity contribution in [3.8, 4) is 0 Å². The van der Waals surface area contributed by atoms with Crippen molar-refractivity contribution in [3.05, 3.63) is 16.7 Å². The first-order chi connectivity index (χ1) is 6.84. The maximum absolute atomic E-state index is 10.9. The van der Waals surface area contributed by atoms with Gasteiger partial charge in [0, 0.05) is 6.04 Å². The molecule has 5 heteroatoms. The van der Waals surface area contributed by atoms with Gasteiger partial charge in [-0.2, -0.15) is 10.1 Å². The van der Waals surface area contributed by atoms with Gasteiger partial charge in [-0.05, 0) is 12.8 Å². The minimum atomic E-state index is -0.397. The van der Waals surface area contributed by atoms with Gasteiger partial charge in [-0.1, -0.05) is 19.3 Å². The molecule has 0 bridgehead atoms. The van der Waals surface area contributed by atoms with Gasteiger partial charge in [0.25, 0.3) is 0 Å². The fourth-order valence-electron chi connectivity index (χ4n) is 1.84. The third kappa shape index (κ3) is 2.31. The number of anilines is 1. The highest BCUT2D eigenvalue weighted by molar-refractivity contribution is 5.30. The molecule has 0 unspecified atom stereocenters. The quantitative estimate of drug-likeness (QED) is 0.734. The van der Waals surface area contributed by atoms with Crippen molar-refractivity contribution < 1.29 is 0 Å². The Balaban J connectivity index is 1.99. The van der Waals surface area contributed by atoms with E-state index in [1.807, 2.05) is 0 Å². The van der Waals surface area contributed by atoms with Crippen molar-refractivity contribution in [3.63, 3.8) is 0 Å². The fraction of sp³-hybridized carbons (Fsp3) is 0.667. The molecular weight excluding hydrogens is 180 g/mol. The molecule has 0 aliphatic heterocycles. The van der Waals surface area contributed by atoms with Crippen LogP contribution in [0.1, 0.15) is 32.1 Å². The van der Waals surface area contributed by atoms with Gasteiger partial charge in [-0.3, -0.25) is 0 Å². The molecule has 2 N–H and O–H groups in total. The summed E-state index contributed by atoms with van der Waals surface area (Å²) in [6, 6.07) is 0.458. The predicted octanol–water partition coefficient (Wildman–Crippen LogP) is 0.909. The van der Waals surface area contributed by atoms with E-state index in [1.54, 1.807) is 6.20 Å². The first-order valence-corrected chi connectivity index (χ1v) is 5.03. The smallest absolute Gasteiger partial charge is 0.363 e. The van der Waals surface area contributed by atoms with Gasteiger partial charge in [0.15, 0.2) is 5.82 Å². The normalized spacial score (nSPS) is 18.0. The number of H-pyrrole nitrogens is 1. The lowest BCUT2D eigenvalue weighted by atomic mass is 9.96. The second-order valence-corrected chi connectivity index (χ2v) is 3.65. The van der Waals surface area contributed by atoms with Crippen LogP contribution in [0.4, 0.5) is 5.82 Å². The Morgan fingerprint density at radius 2 is 2.14 bits per heavy atom. The molecule has 0 amide bonds. The summed E-state index contributed by atoms with van der Waals surface area (Å²) in [6.45, 7) is 0. The molecule has 1 aliphatic carbocycles. The van der Waals surface area contributed by atoms with Crippen molar-refractivity contribution >= 4 is 5.82 Å². The van der Waals surface area contributed by atoms with Gasteiger partial charge in [0.2, 0.25) is 0 Å². The lowest BCUT2D eigenvalue weighted by molar-refractivity contribution is 0.461. The minimum absolute atomic E-state index is 0.397. The largest absolute Gasteiger partial charge is 0.366 e. The summed E-state index contributed by atoms with van der Waals surface area (Å²) in [5, 5.41) is 9.17. The molecule has 1 fully saturated rings. The number of aromatic amines is 1. The zero-order chi connectivity index (χ0) is 9.80. The molecule has 0 atom stereocenters. The second kappa shape index (κ2) is 4.21. The van der Waals surface area contributed by atoms with Crippen LogP contribution in [0.2, 0.25) is 0 Å². The molecule has 2 rings (SSSR count). The Morgan fingerprint density at radius 1 is 1.36 bits per heavy atom. The minimum Gasteiger partial charge on any atom is -0.366 e. The van der Waals surface area contributed by atoms with Gasteiger partial charge in [0.05, 0.1) is 6.20 Å². The number of nitrogens with zero attached hydrogens (tertiary/aromatic N) is 2. The van der Waals surface area contributed by atoms with E-state index in [0.29, 0.717) is 11.9 Å². The van der Waals surface area contributed by atoms with Crippen LogP contribution in [0, 0.1) is 0 Å². The van der Waals surface area contributed by atoms with Gasteiger partial charge in [-0.15, -0.1) is 0 Å². The van der Waals surface area contributed by atoms with Gasteiger partial charge in [-0.25, -0.2) is 9.89 Å². The molecule has 0 saturated heterocycles. The number of aromatic nitrogens is 3. The Labute approximate surface area is 82.0 Å². The van der Waals surface area contributed by atoms with Crippen LogP contribution in [-0.4, -0.2) is 21.2 Å². The summed E-state index contributed by atoms with van der Waals surface area (Å²) in [5.41, 5.74) is -0.397. The number of rotatable bonds is 2. The highest BCUT2D eigenvalue weighted by atomic mass is 16.1. The van der Waals surface area contributed by atoms with E-state index in [-0.39, 0.29) is 0 Å². The van der Waals surface area contributed by atoms with E-state index in [9.17, 15) is 4.79 Å². The highest BCUT2D eigenvalue weighted by Gasteiger charge is 2.13. The Kier molecular flexibility index (Phi) is 2.76. The van der Waals surface area contributed by atoms with E-state index < -0.39 is 5.69 Å². The third-order valence-electron chi connectivity index (χ3n) is 2.53.